The maximum atomic E-state index is 12.7. The molecule has 0 aliphatic carbocycles. The highest BCUT2D eigenvalue weighted by atomic mass is 16.2. The van der Waals surface area contributed by atoms with E-state index in [1.807, 2.05) is 65.4 Å². The topological polar surface area (TPSA) is 65.1 Å². The molecule has 6 heteroatoms. The van der Waals surface area contributed by atoms with Crippen LogP contribution in [-0.4, -0.2) is 50.8 Å². The molecule has 0 saturated carbocycles. The van der Waals surface area contributed by atoms with E-state index in [4.69, 9.17) is 4.98 Å². The Labute approximate surface area is 158 Å². The Morgan fingerprint density at radius 3 is 2.78 bits per heavy atom. The molecule has 0 atom stereocenters. The molecule has 138 valence electrons. The fourth-order valence-electron chi connectivity index (χ4n) is 3.39. The second kappa shape index (κ2) is 7.72. The zero-order valence-electron chi connectivity index (χ0n) is 15.4. The lowest BCUT2D eigenvalue weighted by molar-refractivity contribution is -0.133. The molecule has 0 saturated heterocycles. The molecule has 4 rings (SSSR count). The minimum atomic E-state index is 0.134. The van der Waals surface area contributed by atoms with Crippen molar-refractivity contribution in [3.05, 3.63) is 71.8 Å². The SMILES string of the molecule is CN(CC(=O)N1CCc2nc(-c3ccccc3)[nH]c2C1)Cc1ccccn1. The lowest BCUT2D eigenvalue weighted by Crippen LogP contribution is -2.41. The van der Waals surface area contributed by atoms with E-state index < -0.39 is 0 Å². The fraction of sp³-hybridized carbons (Fsp3) is 0.286. The number of benzene rings is 1. The van der Waals surface area contributed by atoms with Gasteiger partial charge in [0, 0.05) is 31.3 Å². The van der Waals surface area contributed by atoms with E-state index in [0.717, 1.165) is 34.9 Å². The number of aromatic amines is 1. The zero-order valence-corrected chi connectivity index (χ0v) is 15.4. The lowest BCUT2D eigenvalue weighted by Gasteiger charge is -2.28. The van der Waals surface area contributed by atoms with Crippen molar-refractivity contribution < 1.29 is 4.79 Å². The van der Waals surface area contributed by atoms with Gasteiger partial charge in [0.05, 0.1) is 30.2 Å². The summed E-state index contributed by atoms with van der Waals surface area (Å²) in [6, 6.07) is 15.9. The van der Waals surface area contributed by atoms with E-state index in [0.29, 0.717) is 26.2 Å². The first-order chi connectivity index (χ1) is 13.2. The van der Waals surface area contributed by atoms with Gasteiger partial charge in [-0.2, -0.15) is 0 Å². The summed E-state index contributed by atoms with van der Waals surface area (Å²) in [5.41, 5.74) is 4.15. The molecule has 0 bridgehead atoms. The first kappa shape index (κ1) is 17.4. The van der Waals surface area contributed by atoms with Gasteiger partial charge in [-0.1, -0.05) is 36.4 Å². The number of fused-ring (bicyclic) bond motifs is 1. The number of nitrogens with zero attached hydrogens (tertiary/aromatic N) is 4. The Balaban J connectivity index is 1.39. The second-order valence-corrected chi connectivity index (χ2v) is 6.94. The van der Waals surface area contributed by atoms with Crippen LogP contribution in [0.2, 0.25) is 0 Å². The van der Waals surface area contributed by atoms with Crippen molar-refractivity contribution in [3.63, 3.8) is 0 Å². The standard InChI is InChI=1S/C21H23N5O/c1-25(13-17-9-5-6-11-22-17)15-20(27)26-12-10-18-19(14-26)24-21(23-18)16-7-3-2-4-8-16/h2-9,11H,10,12-15H2,1H3,(H,23,24). The highest BCUT2D eigenvalue weighted by Gasteiger charge is 2.24. The molecule has 0 spiro atoms. The molecule has 2 aromatic heterocycles. The highest BCUT2D eigenvalue weighted by Crippen LogP contribution is 2.22. The number of H-pyrrole nitrogens is 1. The summed E-state index contributed by atoms with van der Waals surface area (Å²) in [7, 11) is 1.95. The van der Waals surface area contributed by atoms with Gasteiger partial charge < -0.3 is 9.88 Å². The number of hydrogen-bond acceptors (Lipinski definition) is 4. The van der Waals surface area contributed by atoms with Crippen molar-refractivity contribution in [1.82, 2.24) is 24.8 Å². The Hall–Kier alpha value is -2.99. The van der Waals surface area contributed by atoms with Crippen LogP contribution in [0.4, 0.5) is 0 Å². The van der Waals surface area contributed by atoms with Crippen LogP contribution in [0.5, 0.6) is 0 Å². The molecule has 27 heavy (non-hydrogen) atoms. The molecule has 1 amide bonds. The summed E-state index contributed by atoms with van der Waals surface area (Å²) in [6.45, 7) is 2.34. The molecule has 3 heterocycles. The van der Waals surface area contributed by atoms with Gasteiger partial charge in [-0.25, -0.2) is 4.98 Å². The Morgan fingerprint density at radius 2 is 2.00 bits per heavy atom. The maximum absolute atomic E-state index is 12.7. The molecule has 1 aliphatic rings. The van der Waals surface area contributed by atoms with Crippen LogP contribution in [0.1, 0.15) is 17.1 Å². The first-order valence-electron chi connectivity index (χ1n) is 9.18. The van der Waals surface area contributed by atoms with Crippen LogP contribution in [0.15, 0.2) is 54.7 Å². The number of rotatable bonds is 5. The van der Waals surface area contributed by atoms with E-state index in [1.54, 1.807) is 6.20 Å². The number of pyridine rings is 1. The van der Waals surface area contributed by atoms with Crippen LogP contribution in [0, 0.1) is 0 Å². The van der Waals surface area contributed by atoms with Gasteiger partial charge in [0.2, 0.25) is 5.91 Å². The number of amides is 1. The largest absolute Gasteiger partial charge is 0.340 e. The predicted octanol–water partition coefficient (Wildman–Crippen LogP) is 2.49. The van der Waals surface area contributed by atoms with Crippen molar-refractivity contribution in [2.75, 3.05) is 20.1 Å². The van der Waals surface area contributed by atoms with Crippen LogP contribution < -0.4 is 0 Å². The van der Waals surface area contributed by atoms with E-state index in [1.165, 1.54) is 0 Å². The molecule has 0 fully saturated rings. The number of imidazole rings is 1. The van der Waals surface area contributed by atoms with Crippen molar-refractivity contribution in [3.8, 4) is 11.4 Å². The van der Waals surface area contributed by atoms with E-state index >= 15 is 0 Å². The summed E-state index contributed by atoms with van der Waals surface area (Å²) >= 11 is 0. The van der Waals surface area contributed by atoms with Crippen molar-refractivity contribution in [2.45, 2.75) is 19.5 Å². The van der Waals surface area contributed by atoms with Gasteiger partial charge in [-0.3, -0.25) is 14.7 Å². The van der Waals surface area contributed by atoms with Gasteiger partial charge in [0.25, 0.3) is 0 Å². The number of hydrogen-bond donors (Lipinski definition) is 1. The summed E-state index contributed by atoms with van der Waals surface area (Å²) < 4.78 is 0. The van der Waals surface area contributed by atoms with E-state index in [2.05, 4.69) is 9.97 Å². The summed E-state index contributed by atoms with van der Waals surface area (Å²) in [4.78, 5) is 29.1. The Morgan fingerprint density at radius 1 is 1.19 bits per heavy atom. The quantitative estimate of drug-likeness (QED) is 0.758. The number of carbonyl (C=O) groups excluding carboxylic acids is 1. The minimum Gasteiger partial charge on any atom is -0.340 e. The van der Waals surface area contributed by atoms with Gasteiger partial charge in [0.1, 0.15) is 5.82 Å². The molecule has 0 radical (unpaired) electrons. The minimum absolute atomic E-state index is 0.134. The average Bonchev–Trinajstić information content (AvgIpc) is 3.12. The molecular formula is C21H23N5O. The van der Waals surface area contributed by atoms with Crippen LogP contribution in [-0.2, 0) is 24.3 Å². The Bertz CT molecular complexity index is 907. The van der Waals surface area contributed by atoms with Gasteiger partial charge in [0.15, 0.2) is 0 Å². The van der Waals surface area contributed by atoms with Gasteiger partial charge >= 0.3 is 0 Å². The molecule has 1 aromatic carbocycles. The molecule has 1 aliphatic heterocycles. The molecule has 3 aromatic rings. The first-order valence-corrected chi connectivity index (χ1v) is 9.18. The number of carbonyl (C=O) groups is 1. The van der Waals surface area contributed by atoms with E-state index in [-0.39, 0.29) is 5.91 Å². The van der Waals surface area contributed by atoms with Gasteiger partial charge in [-0.05, 0) is 19.2 Å². The summed E-state index contributed by atoms with van der Waals surface area (Å²) in [5, 5.41) is 0. The molecular weight excluding hydrogens is 338 g/mol. The van der Waals surface area contributed by atoms with Crippen molar-refractivity contribution in [2.24, 2.45) is 0 Å². The number of nitrogens with one attached hydrogen (secondary N) is 1. The third-order valence-electron chi connectivity index (χ3n) is 4.80. The van der Waals surface area contributed by atoms with Crippen molar-refractivity contribution >= 4 is 5.91 Å². The zero-order chi connectivity index (χ0) is 18.6. The molecule has 6 nitrogen and oxygen atoms in total. The summed E-state index contributed by atoms with van der Waals surface area (Å²) in [6.07, 6.45) is 2.56. The third-order valence-corrected chi connectivity index (χ3v) is 4.80. The molecule has 1 N–H and O–H groups in total. The van der Waals surface area contributed by atoms with Gasteiger partial charge in [-0.15, -0.1) is 0 Å². The van der Waals surface area contributed by atoms with Crippen LogP contribution in [0.25, 0.3) is 11.4 Å². The third kappa shape index (κ3) is 4.06. The van der Waals surface area contributed by atoms with Crippen LogP contribution >= 0.6 is 0 Å². The summed E-state index contributed by atoms with van der Waals surface area (Å²) in [5.74, 6) is 1.01. The maximum Gasteiger partial charge on any atom is 0.237 e. The normalized spacial score (nSPS) is 13.6. The average molecular weight is 361 g/mol. The predicted molar refractivity (Wildman–Crippen MR) is 104 cm³/mol. The van der Waals surface area contributed by atoms with Crippen LogP contribution in [0.3, 0.4) is 0 Å². The lowest BCUT2D eigenvalue weighted by atomic mass is 10.1. The highest BCUT2D eigenvalue weighted by molar-refractivity contribution is 5.78. The second-order valence-electron chi connectivity index (χ2n) is 6.94. The fourth-order valence-corrected chi connectivity index (χ4v) is 3.39. The number of aromatic nitrogens is 3. The molecule has 0 unspecified atom stereocenters. The van der Waals surface area contributed by atoms with E-state index in [9.17, 15) is 4.79 Å². The Kier molecular flexibility index (Phi) is 4.98. The number of likely N-dealkylation sites (N-methyl/N-ethyl adjacent to an activating group) is 1. The van der Waals surface area contributed by atoms with Crippen molar-refractivity contribution in [1.29, 1.82) is 0 Å². The smallest absolute Gasteiger partial charge is 0.237 e. The monoisotopic (exact) mass is 361 g/mol.